The van der Waals surface area contributed by atoms with E-state index in [-0.39, 0.29) is 11.8 Å². The largest absolute Gasteiger partial charge is 0.496 e. The molecule has 130 valence electrons. The van der Waals surface area contributed by atoms with Gasteiger partial charge in [-0.2, -0.15) is 0 Å². The molecule has 5 heteroatoms. The summed E-state index contributed by atoms with van der Waals surface area (Å²) in [6.07, 6.45) is 4.45. The van der Waals surface area contributed by atoms with Crippen molar-refractivity contribution in [2.45, 2.75) is 19.8 Å². The fraction of sp³-hybridized carbons (Fsp3) is 0.200. The highest BCUT2D eigenvalue weighted by molar-refractivity contribution is 6.02. The predicted octanol–water partition coefficient (Wildman–Crippen LogP) is 4.09. The van der Waals surface area contributed by atoms with Crippen LogP contribution in [0.15, 0.2) is 54.6 Å². The highest BCUT2D eigenvalue weighted by atomic mass is 16.5. The van der Waals surface area contributed by atoms with Crippen LogP contribution < -0.4 is 15.4 Å². The van der Waals surface area contributed by atoms with Crippen molar-refractivity contribution in [2.24, 2.45) is 0 Å². The molecule has 0 bridgehead atoms. The van der Waals surface area contributed by atoms with E-state index in [1.807, 2.05) is 31.2 Å². The fourth-order valence-electron chi connectivity index (χ4n) is 2.24. The van der Waals surface area contributed by atoms with Gasteiger partial charge >= 0.3 is 0 Å². The molecule has 0 aromatic heterocycles. The summed E-state index contributed by atoms with van der Waals surface area (Å²) in [7, 11) is 1.59. The van der Waals surface area contributed by atoms with Gasteiger partial charge in [0.1, 0.15) is 5.75 Å². The summed E-state index contributed by atoms with van der Waals surface area (Å²) in [5, 5.41) is 5.58. The Morgan fingerprint density at radius 2 is 1.64 bits per heavy atom. The van der Waals surface area contributed by atoms with Gasteiger partial charge in [0.2, 0.25) is 11.8 Å². The number of amides is 2. The highest BCUT2D eigenvalue weighted by Crippen LogP contribution is 2.19. The Kier molecular flexibility index (Phi) is 6.77. The topological polar surface area (TPSA) is 67.4 Å². The zero-order chi connectivity index (χ0) is 18.1. The molecule has 0 heterocycles. The van der Waals surface area contributed by atoms with Crippen LogP contribution in [-0.2, 0) is 9.59 Å². The minimum atomic E-state index is -0.242. The molecule has 25 heavy (non-hydrogen) atoms. The summed E-state index contributed by atoms with van der Waals surface area (Å²) in [5.74, 6) is 0.450. The Labute approximate surface area is 147 Å². The third kappa shape index (κ3) is 5.80. The summed E-state index contributed by atoms with van der Waals surface area (Å²) in [6.45, 7) is 1.96. The number of anilines is 2. The Morgan fingerprint density at radius 3 is 2.28 bits per heavy atom. The zero-order valence-electron chi connectivity index (χ0n) is 14.4. The molecule has 2 N–H and O–H groups in total. The van der Waals surface area contributed by atoms with Crippen LogP contribution in [-0.4, -0.2) is 18.9 Å². The number of hydrogen-bond acceptors (Lipinski definition) is 3. The molecule has 0 aliphatic heterocycles. The molecule has 2 amide bonds. The lowest BCUT2D eigenvalue weighted by atomic mass is 10.2. The molecule has 2 aromatic carbocycles. The van der Waals surface area contributed by atoms with Gasteiger partial charge < -0.3 is 15.4 Å². The third-order valence-electron chi connectivity index (χ3n) is 3.47. The van der Waals surface area contributed by atoms with Crippen LogP contribution >= 0.6 is 0 Å². The summed E-state index contributed by atoms with van der Waals surface area (Å²) in [5.41, 5.74) is 2.19. The molecule has 5 nitrogen and oxygen atoms in total. The number of benzene rings is 2. The van der Waals surface area contributed by atoms with Gasteiger partial charge in [-0.25, -0.2) is 0 Å². The molecule has 0 aliphatic carbocycles. The minimum Gasteiger partial charge on any atom is -0.496 e. The summed E-state index contributed by atoms with van der Waals surface area (Å²) >= 11 is 0. The van der Waals surface area contributed by atoms with Gasteiger partial charge in [0.25, 0.3) is 0 Å². The Morgan fingerprint density at radius 1 is 1.00 bits per heavy atom. The summed E-state index contributed by atoms with van der Waals surface area (Å²) in [4.78, 5) is 23.6. The van der Waals surface area contributed by atoms with Crippen molar-refractivity contribution in [3.8, 4) is 5.75 Å². The van der Waals surface area contributed by atoms with Crippen molar-refractivity contribution >= 4 is 29.3 Å². The lowest BCUT2D eigenvalue weighted by Crippen LogP contribution is -2.11. The minimum absolute atomic E-state index is 0.0148. The maximum atomic E-state index is 12.0. The standard InChI is InChI=1S/C20H22N2O3/c1-3-6-19(23)21-16-10-12-17(13-11-16)22-20(24)14-9-15-7-4-5-8-18(15)25-2/h4-5,7-14H,3,6H2,1-2H3,(H,21,23)(H,22,24)/b14-9+. The average molecular weight is 338 g/mol. The molecule has 0 spiro atoms. The number of rotatable bonds is 7. The number of para-hydroxylation sites is 1. The molecule has 0 saturated carbocycles. The molecule has 0 aliphatic rings. The number of carbonyl (C=O) groups is 2. The Hall–Kier alpha value is -3.08. The monoisotopic (exact) mass is 338 g/mol. The van der Waals surface area contributed by atoms with Gasteiger partial charge in [0, 0.05) is 29.4 Å². The molecule has 2 rings (SSSR count). The molecule has 0 fully saturated rings. The van der Waals surface area contributed by atoms with Crippen molar-refractivity contribution in [3.63, 3.8) is 0 Å². The number of ether oxygens (including phenoxy) is 1. The first-order valence-corrected chi connectivity index (χ1v) is 8.14. The molecule has 2 aromatic rings. The first-order valence-electron chi connectivity index (χ1n) is 8.14. The SMILES string of the molecule is CCCC(=O)Nc1ccc(NC(=O)/C=C/c2ccccc2OC)cc1. The number of methoxy groups -OCH3 is 1. The summed E-state index contributed by atoms with van der Waals surface area (Å²) < 4.78 is 5.24. The van der Waals surface area contributed by atoms with Gasteiger partial charge in [-0.1, -0.05) is 25.1 Å². The van der Waals surface area contributed by atoms with E-state index in [9.17, 15) is 9.59 Å². The van der Waals surface area contributed by atoms with E-state index in [0.717, 1.165) is 12.0 Å². The van der Waals surface area contributed by atoms with E-state index < -0.39 is 0 Å². The Balaban J connectivity index is 1.94. The Bertz CT molecular complexity index is 752. The van der Waals surface area contributed by atoms with Crippen molar-refractivity contribution in [1.29, 1.82) is 0 Å². The van der Waals surface area contributed by atoms with Crippen molar-refractivity contribution in [1.82, 2.24) is 0 Å². The lowest BCUT2D eigenvalue weighted by Gasteiger charge is -2.07. The first-order chi connectivity index (χ1) is 12.1. The van der Waals surface area contributed by atoms with Crippen molar-refractivity contribution < 1.29 is 14.3 Å². The second-order valence-corrected chi connectivity index (χ2v) is 5.44. The zero-order valence-corrected chi connectivity index (χ0v) is 14.4. The van der Waals surface area contributed by atoms with E-state index >= 15 is 0 Å². The van der Waals surface area contributed by atoms with Crippen LogP contribution in [0.5, 0.6) is 5.75 Å². The lowest BCUT2D eigenvalue weighted by molar-refractivity contribution is -0.116. The maximum absolute atomic E-state index is 12.0. The summed E-state index contributed by atoms with van der Waals surface area (Å²) in [6, 6.07) is 14.5. The fourth-order valence-corrected chi connectivity index (χ4v) is 2.24. The quantitative estimate of drug-likeness (QED) is 0.747. The van der Waals surface area contributed by atoms with Crippen LogP contribution in [0, 0.1) is 0 Å². The van der Waals surface area contributed by atoms with Crippen LogP contribution in [0.25, 0.3) is 6.08 Å². The molecular formula is C20H22N2O3. The van der Waals surface area contributed by atoms with Crippen LogP contribution in [0.3, 0.4) is 0 Å². The third-order valence-corrected chi connectivity index (χ3v) is 3.47. The predicted molar refractivity (Wildman–Crippen MR) is 101 cm³/mol. The highest BCUT2D eigenvalue weighted by Gasteiger charge is 2.03. The average Bonchev–Trinajstić information content (AvgIpc) is 2.62. The normalized spacial score (nSPS) is 10.5. The number of carbonyl (C=O) groups excluding carboxylic acids is 2. The molecule has 0 radical (unpaired) electrons. The van der Waals surface area contributed by atoms with Crippen molar-refractivity contribution in [3.05, 3.63) is 60.2 Å². The molecule has 0 unspecified atom stereocenters. The van der Waals surface area contributed by atoms with Gasteiger partial charge in [0.05, 0.1) is 7.11 Å². The second kappa shape index (κ2) is 9.27. The second-order valence-electron chi connectivity index (χ2n) is 5.44. The molecular weight excluding hydrogens is 316 g/mol. The van der Waals surface area contributed by atoms with Crippen LogP contribution in [0.4, 0.5) is 11.4 Å². The number of nitrogens with one attached hydrogen (secondary N) is 2. The smallest absolute Gasteiger partial charge is 0.248 e. The molecule has 0 atom stereocenters. The van der Waals surface area contributed by atoms with Gasteiger partial charge in [0.15, 0.2) is 0 Å². The van der Waals surface area contributed by atoms with E-state index in [1.165, 1.54) is 6.08 Å². The maximum Gasteiger partial charge on any atom is 0.248 e. The number of hydrogen-bond donors (Lipinski definition) is 2. The van der Waals surface area contributed by atoms with E-state index in [4.69, 9.17) is 4.74 Å². The van der Waals surface area contributed by atoms with Gasteiger partial charge in [-0.05, 0) is 42.8 Å². The van der Waals surface area contributed by atoms with Crippen LogP contribution in [0.1, 0.15) is 25.3 Å². The van der Waals surface area contributed by atoms with Crippen molar-refractivity contribution in [2.75, 3.05) is 17.7 Å². The van der Waals surface area contributed by atoms with Gasteiger partial charge in [-0.15, -0.1) is 0 Å². The molecule has 0 saturated heterocycles. The van der Waals surface area contributed by atoms with E-state index in [2.05, 4.69) is 10.6 Å². The van der Waals surface area contributed by atoms with E-state index in [1.54, 1.807) is 37.5 Å². The van der Waals surface area contributed by atoms with E-state index in [0.29, 0.717) is 23.5 Å². The first kappa shape index (κ1) is 18.3. The van der Waals surface area contributed by atoms with Gasteiger partial charge in [-0.3, -0.25) is 9.59 Å². The van der Waals surface area contributed by atoms with Crippen LogP contribution in [0.2, 0.25) is 0 Å².